The van der Waals surface area contributed by atoms with E-state index in [0.717, 1.165) is 44.0 Å². The first-order valence-corrected chi connectivity index (χ1v) is 10.3. The van der Waals surface area contributed by atoms with Crippen molar-refractivity contribution in [1.29, 1.82) is 0 Å². The van der Waals surface area contributed by atoms with Crippen LogP contribution in [0, 0.1) is 6.92 Å². The number of nitrogens with one attached hydrogen (secondary N) is 1. The summed E-state index contributed by atoms with van der Waals surface area (Å²) in [5, 5.41) is 3.01. The Morgan fingerprint density at radius 3 is 2.41 bits per heavy atom. The Labute approximate surface area is 173 Å². The van der Waals surface area contributed by atoms with Crippen molar-refractivity contribution in [1.82, 2.24) is 4.90 Å². The van der Waals surface area contributed by atoms with Crippen LogP contribution in [0.2, 0.25) is 0 Å². The monoisotopic (exact) mass is 397 g/mol. The van der Waals surface area contributed by atoms with Crippen LogP contribution in [0.15, 0.2) is 36.4 Å². The molecule has 0 unspecified atom stereocenters. The van der Waals surface area contributed by atoms with Gasteiger partial charge in [-0.15, -0.1) is 0 Å². The quantitative estimate of drug-likeness (QED) is 0.770. The van der Waals surface area contributed by atoms with Gasteiger partial charge < -0.3 is 24.6 Å². The topological polar surface area (TPSA) is 54.0 Å². The van der Waals surface area contributed by atoms with Gasteiger partial charge in [-0.25, -0.2) is 0 Å². The number of ether oxygens (including phenoxy) is 2. The molecule has 1 heterocycles. The van der Waals surface area contributed by atoms with E-state index in [4.69, 9.17) is 9.47 Å². The Morgan fingerprint density at radius 2 is 1.79 bits per heavy atom. The molecule has 29 heavy (non-hydrogen) atoms. The summed E-state index contributed by atoms with van der Waals surface area (Å²) in [6, 6.07) is 11.4. The molecular formula is C23H31N3O3. The van der Waals surface area contributed by atoms with E-state index < -0.39 is 0 Å². The summed E-state index contributed by atoms with van der Waals surface area (Å²) in [4.78, 5) is 17.6. The van der Waals surface area contributed by atoms with Crippen molar-refractivity contribution in [3.05, 3.63) is 47.5 Å². The summed E-state index contributed by atoms with van der Waals surface area (Å²) in [5.74, 6) is 1.02. The molecule has 1 amide bonds. The maximum atomic E-state index is 12.7. The van der Waals surface area contributed by atoms with Gasteiger partial charge in [-0.05, 0) is 62.4 Å². The van der Waals surface area contributed by atoms with E-state index in [1.807, 2.05) is 19.9 Å². The normalized spacial score (nSPS) is 14.6. The number of anilines is 2. The van der Waals surface area contributed by atoms with Crippen molar-refractivity contribution in [3.8, 4) is 11.5 Å². The van der Waals surface area contributed by atoms with Gasteiger partial charge in [0.1, 0.15) is 0 Å². The van der Waals surface area contributed by atoms with E-state index in [2.05, 4.69) is 34.2 Å². The molecule has 0 saturated carbocycles. The molecular weight excluding hydrogens is 366 g/mol. The van der Waals surface area contributed by atoms with Gasteiger partial charge in [0.2, 0.25) is 0 Å². The number of rotatable bonds is 7. The molecule has 0 aromatic heterocycles. The largest absolute Gasteiger partial charge is 0.493 e. The summed E-state index contributed by atoms with van der Waals surface area (Å²) in [5.41, 5.74) is 3.61. The van der Waals surface area contributed by atoms with Gasteiger partial charge in [0.05, 0.1) is 13.7 Å². The molecule has 0 radical (unpaired) electrons. The maximum absolute atomic E-state index is 12.7. The average molecular weight is 398 g/mol. The van der Waals surface area contributed by atoms with E-state index in [0.29, 0.717) is 23.7 Å². The minimum absolute atomic E-state index is 0.168. The minimum atomic E-state index is -0.168. The van der Waals surface area contributed by atoms with Crippen molar-refractivity contribution in [2.24, 2.45) is 0 Å². The molecule has 1 aliphatic heterocycles. The number of likely N-dealkylation sites (N-methyl/N-ethyl adjacent to an activating group) is 1. The highest BCUT2D eigenvalue weighted by atomic mass is 16.5. The van der Waals surface area contributed by atoms with Gasteiger partial charge in [0, 0.05) is 43.1 Å². The Morgan fingerprint density at radius 1 is 1.03 bits per heavy atom. The number of hydrogen-bond acceptors (Lipinski definition) is 5. The first-order valence-electron chi connectivity index (χ1n) is 10.3. The van der Waals surface area contributed by atoms with E-state index >= 15 is 0 Å². The number of carbonyl (C=O) groups is 1. The molecule has 1 fully saturated rings. The van der Waals surface area contributed by atoms with Gasteiger partial charge in [0.15, 0.2) is 11.5 Å². The molecule has 2 aromatic carbocycles. The van der Waals surface area contributed by atoms with Crippen LogP contribution in [0.1, 0.15) is 29.8 Å². The molecule has 1 saturated heterocycles. The Hall–Kier alpha value is -2.73. The number of benzene rings is 2. The first kappa shape index (κ1) is 21.0. The summed E-state index contributed by atoms with van der Waals surface area (Å²) in [7, 11) is 1.57. The van der Waals surface area contributed by atoms with Crippen LogP contribution in [-0.4, -0.2) is 57.2 Å². The van der Waals surface area contributed by atoms with Crippen LogP contribution in [0.5, 0.6) is 11.5 Å². The molecule has 3 rings (SSSR count). The Bertz CT molecular complexity index is 845. The predicted octanol–water partition coefficient (Wildman–Crippen LogP) is 3.80. The lowest BCUT2D eigenvalue weighted by atomic mass is 10.1. The minimum Gasteiger partial charge on any atom is -0.493 e. The zero-order chi connectivity index (χ0) is 20.8. The van der Waals surface area contributed by atoms with Crippen LogP contribution >= 0.6 is 0 Å². The summed E-state index contributed by atoms with van der Waals surface area (Å²) in [6.07, 6.45) is 0. The molecule has 0 bridgehead atoms. The van der Waals surface area contributed by atoms with Crippen molar-refractivity contribution in [2.45, 2.75) is 20.8 Å². The lowest BCUT2D eigenvalue weighted by Gasteiger charge is -2.35. The fourth-order valence-corrected chi connectivity index (χ4v) is 3.59. The molecule has 0 aliphatic carbocycles. The average Bonchev–Trinajstić information content (AvgIpc) is 2.75. The number of nitrogens with zero attached hydrogens (tertiary/aromatic N) is 2. The second-order valence-electron chi connectivity index (χ2n) is 7.17. The molecule has 6 nitrogen and oxygen atoms in total. The Balaban J connectivity index is 1.69. The molecule has 2 aromatic rings. The van der Waals surface area contributed by atoms with E-state index in [9.17, 15) is 4.79 Å². The maximum Gasteiger partial charge on any atom is 0.255 e. The third kappa shape index (κ3) is 5.01. The lowest BCUT2D eigenvalue weighted by molar-refractivity contribution is 0.102. The number of carbonyl (C=O) groups excluding carboxylic acids is 1. The second-order valence-corrected chi connectivity index (χ2v) is 7.17. The van der Waals surface area contributed by atoms with Crippen LogP contribution < -0.4 is 19.7 Å². The first-order chi connectivity index (χ1) is 14.0. The Kier molecular flexibility index (Phi) is 6.99. The van der Waals surface area contributed by atoms with Crippen LogP contribution in [0.3, 0.4) is 0 Å². The highest BCUT2D eigenvalue weighted by Gasteiger charge is 2.17. The fourth-order valence-electron chi connectivity index (χ4n) is 3.59. The smallest absolute Gasteiger partial charge is 0.255 e. The summed E-state index contributed by atoms with van der Waals surface area (Å²) < 4.78 is 10.9. The fraction of sp³-hybridized carbons (Fsp3) is 0.435. The zero-order valence-corrected chi connectivity index (χ0v) is 17.8. The van der Waals surface area contributed by atoms with Gasteiger partial charge in [0.25, 0.3) is 5.91 Å². The number of hydrogen-bond donors (Lipinski definition) is 1. The third-order valence-electron chi connectivity index (χ3n) is 5.37. The van der Waals surface area contributed by atoms with Crippen molar-refractivity contribution in [2.75, 3.05) is 56.7 Å². The number of piperazine rings is 1. The van der Waals surface area contributed by atoms with Crippen LogP contribution in [-0.2, 0) is 0 Å². The van der Waals surface area contributed by atoms with Gasteiger partial charge in [-0.1, -0.05) is 6.92 Å². The second kappa shape index (κ2) is 9.65. The van der Waals surface area contributed by atoms with Gasteiger partial charge in [-0.2, -0.15) is 0 Å². The SMILES string of the molecule is CCOc1ccc(C(=O)Nc2ccc(N3CCN(CC)CC3)cc2C)cc1OC. The number of methoxy groups -OCH3 is 1. The van der Waals surface area contributed by atoms with Crippen molar-refractivity contribution < 1.29 is 14.3 Å². The molecule has 156 valence electrons. The van der Waals surface area contributed by atoms with E-state index in [1.54, 1.807) is 25.3 Å². The third-order valence-corrected chi connectivity index (χ3v) is 5.37. The van der Waals surface area contributed by atoms with Crippen molar-refractivity contribution >= 4 is 17.3 Å². The summed E-state index contributed by atoms with van der Waals surface area (Å²) in [6.45, 7) is 12.0. The highest BCUT2D eigenvalue weighted by Crippen LogP contribution is 2.29. The molecule has 6 heteroatoms. The molecule has 1 aliphatic rings. The number of amides is 1. The summed E-state index contributed by atoms with van der Waals surface area (Å²) >= 11 is 0. The highest BCUT2D eigenvalue weighted by molar-refractivity contribution is 6.05. The predicted molar refractivity (Wildman–Crippen MR) is 118 cm³/mol. The standard InChI is InChI=1S/C23H31N3O3/c1-5-25-11-13-26(14-12-25)19-8-9-20(17(3)15-19)24-23(27)18-7-10-21(29-6-2)22(16-18)28-4/h7-10,15-16H,5-6,11-14H2,1-4H3,(H,24,27). The molecule has 0 spiro atoms. The molecule has 1 N–H and O–H groups in total. The number of aryl methyl sites for hydroxylation is 1. The van der Waals surface area contributed by atoms with E-state index in [-0.39, 0.29) is 5.91 Å². The van der Waals surface area contributed by atoms with Gasteiger partial charge >= 0.3 is 0 Å². The lowest BCUT2D eigenvalue weighted by Crippen LogP contribution is -2.46. The van der Waals surface area contributed by atoms with Crippen LogP contribution in [0.25, 0.3) is 0 Å². The van der Waals surface area contributed by atoms with E-state index in [1.165, 1.54) is 5.69 Å². The van der Waals surface area contributed by atoms with Gasteiger partial charge in [-0.3, -0.25) is 4.79 Å². The van der Waals surface area contributed by atoms with Crippen molar-refractivity contribution in [3.63, 3.8) is 0 Å². The van der Waals surface area contributed by atoms with Crippen LogP contribution in [0.4, 0.5) is 11.4 Å². The zero-order valence-electron chi connectivity index (χ0n) is 17.8. The molecule has 0 atom stereocenters.